The van der Waals surface area contributed by atoms with E-state index in [1.54, 1.807) is 30.4 Å². The number of aromatic nitrogens is 1. The summed E-state index contributed by atoms with van der Waals surface area (Å²) < 4.78 is 0. The van der Waals surface area contributed by atoms with Crippen molar-refractivity contribution in [3.8, 4) is 0 Å². The Morgan fingerprint density at radius 1 is 1.33 bits per heavy atom. The van der Waals surface area contributed by atoms with Gasteiger partial charge in [0.2, 0.25) is 11.8 Å². The lowest BCUT2D eigenvalue weighted by Gasteiger charge is -2.55. The predicted molar refractivity (Wildman–Crippen MR) is 106 cm³/mol. The number of hydrogen-bond acceptors (Lipinski definition) is 5. The molecule has 1 N–H and O–H groups in total. The Hall–Kier alpha value is -1.73. The van der Waals surface area contributed by atoms with Crippen LogP contribution in [-0.4, -0.2) is 63.0 Å². The molecule has 1 atom stereocenters. The van der Waals surface area contributed by atoms with Gasteiger partial charge in [-0.05, 0) is 51.5 Å². The zero-order valence-electron chi connectivity index (χ0n) is 16.6. The minimum absolute atomic E-state index is 0.00174. The molecule has 0 bridgehead atoms. The normalized spacial score (nSPS) is 24.6. The van der Waals surface area contributed by atoms with Crippen LogP contribution >= 0.6 is 11.3 Å². The molecule has 7 heteroatoms. The van der Waals surface area contributed by atoms with Crippen LogP contribution in [0.1, 0.15) is 50.7 Å². The molecule has 148 valence electrons. The molecule has 1 spiro atoms. The fraction of sp³-hybridized carbons (Fsp3) is 0.650. The van der Waals surface area contributed by atoms with E-state index < -0.39 is 11.6 Å². The van der Waals surface area contributed by atoms with Crippen molar-refractivity contribution in [1.29, 1.82) is 0 Å². The number of aryl methyl sites for hydroxylation is 1. The number of carbonyl (C=O) groups is 2. The molecule has 0 saturated carbocycles. The quantitative estimate of drug-likeness (QED) is 0.786. The Balaban J connectivity index is 1.63. The number of carbonyl (C=O) groups excluding carboxylic acids is 2. The first kappa shape index (κ1) is 20.0. The number of likely N-dealkylation sites (tertiary alicyclic amines) is 2. The van der Waals surface area contributed by atoms with Crippen molar-refractivity contribution in [2.24, 2.45) is 5.41 Å². The van der Waals surface area contributed by atoms with Crippen LogP contribution < -0.4 is 0 Å². The second kappa shape index (κ2) is 7.36. The maximum Gasteiger partial charge on any atom is 0.246 e. The molecule has 2 aliphatic rings. The maximum atomic E-state index is 12.5. The van der Waals surface area contributed by atoms with Gasteiger partial charge < -0.3 is 14.9 Å². The Labute approximate surface area is 164 Å². The first-order chi connectivity index (χ1) is 12.6. The molecule has 2 saturated heterocycles. The van der Waals surface area contributed by atoms with Crippen molar-refractivity contribution in [3.63, 3.8) is 0 Å². The summed E-state index contributed by atoms with van der Waals surface area (Å²) in [5.74, 6) is -0.00580. The van der Waals surface area contributed by atoms with Gasteiger partial charge in [-0.2, -0.15) is 0 Å². The van der Waals surface area contributed by atoms with Crippen LogP contribution in [0.3, 0.4) is 0 Å². The lowest BCUT2D eigenvalue weighted by molar-refractivity contribution is -0.158. The molecular formula is C20H29N3O3S. The highest BCUT2D eigenvalue weighted by molar-refractivity contribution is 7.09. The van der Waals surface area contributed by atoms with Crippen LogP contribution in [0.4, 0.5) is 0 Å². The zero-order chi connectivity index (χ0) is 19.8. The summed E-state index contributed by atoms with van der Waals surface area (Å²) in [6.45, 7) is 9.32. The summed E-state index contributed by atoms with van der Waals surface area (Å²) in [7, 11) is 0. The molecule has 2 aliphatic heterocycles. The number of hydrogen-bond donors (Lipinski definition) is 1. The molecule has 27 heavy (non-hydrogen) atoms. The molecule has 2 fully saturated rings. The van der Waals surface area contributed by atoms with Crippen LogP contribution in [0, 0.1) is 12.3 Å². The van der Waals surface area contributed by atoms with E-state index in [4.69, 9.17) is 0 Å². The van der Waals surface area contributed by atoms with Gasteiger partial charge >= 0.3 is 0 Å². The number of thiazole rings is 1. The van der Waals surface area contributed by atoms with E-state index in [0.29, 0.717) is 26.1 Å². The highest BCUT2D eigenvalue weighted by Gasteiger charge is 2.50. The zero-order valence-corrected chi connectivity index (χ0v) is 17.4. The molecular weight excluding hydrogens is 362 g/mol. The number of nitrogens with zero attached hydrogens (tertiary/aromatic N) is 3. The van der Waals surface area contributed by atoms with Gasteiger partial charge in [0.1, 0.15) is 0 Å². The first-order valence-electron chi connectivity index (χ1n) is 9.48. The van der Waals surface area contributed by atoms with Gasteiger partial charge in [0.25, 0.3) is 0 Å². The highest BCUT2D eigenvalue weighted by Crippen LogP contribution is 2.45. The summed E-state index contributed by atoms with van der Waals surface area (Å²) in [6.07, 6.45) is 5.09. The third kappa shape index (κ3) is 4.09. The number of rotatable bonds is 2. The smallest absolute Gasteiger partial charge is 0.246 e. The molecule has 1 aromatic rings. The minimum atomic E-state index is -0.551. The SMILES string of the molecule is CC(=O)N1CC2(CCN(C(=O)/C=C/c3csc(C)n3)CC2)CC(O)C1(C)C. The Morgan fingerprint density at radius 3 is 2.56 bits per heavy atom. The molecule has 1 unspecified atom stereocenters. The molecule has 0 radical (unpaired) electrons. The average Bonchev–Trinajstić information content (AvgIpc) is 3.02. The molecule has 0 aliphatic carbocycles. The summed E-state index contributed by atoms with van der Waals surface area (Å²) in [6, 6.07) is 0. The van der Waals surface area contributed by atoms with E-state index in [9.17, 15) is 14.7 Å². The fourth-order valence-electron chi connectivity index (χ4n) is 4.24. The van der Waals surface area contributed by atoms with Crippen molar-refractivity contribution in [2.45, 2.75) is 58.6 Å². The maximum absolute atomic E-state index is 12.5. The van der Waals surface area contributed by atoms with Crippen LogP contribution in [-0.2, 0) is 9.59 Å². The van der Waals surface area contributed by atoms with Crippen molar-refractivity contribution in [3.05, 3.63) is 22.2 Å². The predicted octanol–water partition coefficient (Wildman–Crippen LogP) is 2.47. The number of piperidine rings is 2. The van der Waals surface area contributed by atoms with Crippen LogP contribution in [0.15, 0.2) is 11.5 Å². The van der Waals surface area contributed by atoms with E-state index in [1.165, 1.54) is 0 Å². The second-order valence-corrected chi connectivity index (χ2v) is 9.49. The average molecular weight is 392 g/mol. The van der Waals surface area contributed by atoms with Gasteiger partial charge in [-0.1, -0.05) is 0 Å². The molecule has 3 heterocycles. The third-order valence-corrected chi connectivity index (χ3v) is 6.97. The lowest BCUT2D eigenvalue weighted by atomic mass is 9.67. The van der Waals surface area contributed by atoms with Gasteiger partial charge in [0.05, 0.1) is 22.3 Å². The van der Waals surface area contributed by atoms with Crippen molar-refractivity contribution in [1.82, 2.24) is 14.8 Å². The largest absolute Gasteiger partial charge is 0.391 e. The van der Waals surface area contributed by atoms with Gasteiger partial charge in [0.15, 0.2) is 0 Å². The monoisotopic (exact) mass is 391 g/mol. The van der Waals surface area contributed by atoms with Gasteiger partial charge in [-0.25, -0.2) is 4.98 Å². The molecule has 6 nitrogen and oxygen atoms in total. The number of aliphatic hydroxyl groups excluding tert-OH is 1. The third-order valence-electron chi connectivity index (χ3n) is 6.18. The fourth-order valence-corrected chi connectivity index (χ4v) is 4.82. The lowest BCUT2D eigenvalue weighted by Crippen LogP contribution is -2.64. The van der Waals surface area contributed by atoms with Crippen molar-refractivity contribution >= 4 is 29.2 Å². The summed E-state index contributed by atoms with van der Waals surface area (Å²) in [4.78, 5) is 32.6. The van der Waals surface area contributed by atoms with Crippen LogP contribution in [0.5, 0.6) is 0 Å². The standard InChI is InChI=1S/C20H29N3O3S/c1-14-21-16(12-27-14)5-6-18(26)22-9-7-20(8-10-22)11-17(25)19(3,4)23(13-20)15(2)24/h5-6,12,17,25H,7-11,13H2,1-4H3/b6-5+. The molecule has 0 aromatic carbocycles. The topological polar surface area (TPSA) is 73.7 Å². The Morgan fingerprint density at radius 2 is 2.00 bits per heavy atom. The molecule has 3 rings (SSSR count). The van der Waals surface area contributed by atoms with Gasteiger partial charge in [-0.15, -0.1) is 11.3 Å². The van der Waals surface area contributed by atoms with E-state index in [1.807, 2.05) is 36.0 Å². The minimum Gasteiger partial charge on any atom is -0.391 e. The van der Waals surface area contributed by atoms with Gasteiger partial charge in [-0.3, -0.25) is 9.59 Å². The number of amides is 2. The van der Waals surface area contributed by atoms with Crippen LogP contribution in [0.25, 0.3) is 6.08 Å². The summed E-state index contributed by atoms with van der Waals surface area (Å²) >= 11 is 1.57. The van der Waals surface area contributed by atoms with E-state index in [0.717, 1.165) is 23.5 Å². The molecule has 2 amide bonds. The first-order valence-corrected chi connectivity index (χ1v) is 10.4. The van der Waals surface area contributed by atoms with Crippen molar-refractivity contribution in [2.75, 3.05) is 19.6 Å². The second-order valence-electron chi connectivity index (χ2n) is 8.43. The van der Waals surface area contributed by atoms with E-state index in [2.05, 4.69) is 4.98 Å². The van der Waals surface area contributed by atoms with E-state index >= 15 is 0 Å². The summed E-state index contributed by atoms with van der Waals surface area (Å²) in [5, 5.41) is 13.6. The van der Waals surface area contributed by atoms with E-state index in [-0.39, 0.29) is 17.2 Å². The van der Waals surface area contributed by atoms with Crippen molar-refractivity contribution < 1.29 is 14.7 Å². The Bertz CT molecular complexity index is 747. The Kier molecular flexibility index (Phi) is 5.45. The summed E-state index contributed by atoms with van der Waals surface area (Å²) in [5.41, 5.74) is 0.167. The highest BCUT2D eigenvalue weighted by atomic mass is 32.1. The molecule has 1 aromatic heterocycles. The number of aliphatic hydroxyl groups is 1. The van der Waals surface area contributed by atoms with Gasteiger partial charge in [0, 0.05) is 38.0 Å². The van der Waals surface area contributed by atoms with Crippen LogP contribution in [0.2, 0.25) is 0 Å².